The lowest BCUT2D eigenvalue weighted by Gasteiger charge is -2.26. The number of rotatable bonds is 23. The van der Waals surface area contributed by atoms with Crippen molar-refractivity contribution < 1.29 is 10.2 Å². The fraction of sp³-hybridized carbons (Fsp3) is 0.167. The highest BCUT2D eigenvalue weighted by atomic mass is 32.2. The molecule has 0 aliphatic heterocycles. The Morgan fingerprint density at radius 1 is 0.357 bits per heavy atom. The zero-order valence-electron chi connectivity index (χ0n) is 39.6. The molecule has 0 heterocycles. The summed E-state index contributed by atoms with van der Waals surface area (Å²) in [7, 11) is 0. The highest BCUT2D eigenvalue weighted by Gasteiger charge is 2.21. The van der Waals surface area contributed by atoms with E-state index in [1.807, 2.05) is 107 Å². The van der Waals surface area contributed by atoms with Crippen LogP contribution >= 0.6 is 23.5 Å². The number of aliphatic hydroxyl groups is 2. The topological polar surface area (TPSA) is 78.1 Å². The number of nitrogens with zero attached hydrogens (tertiary/aromatic N) is 6. The van der Waals surface area contributed by atoms with E-state index in [2.05, 4.69) is 169 Å². The Labute approximate surface area is 422 Å². The highest BCUT2D eigenvalue weighted by Crippen LogP contribution is 2.36. The van der Waals surface area contributed by atoms with Crippen molar-refractivity contribution in [3.05, 3.63) is 242 Å². The lowest BCUT2D eigenvalue weighted by Crippen LogP contribution is -2.32. The smallest absolute Gasteiger partial charge is 0.0826 e. The molecule has 8 aromatic carbocycles. The predicted octanol–water partition coefficient (Wildman–Crippen LogP) is 14.0. The summed E-state index contributed by atoms with van der Waals surface area (Å²) in [6.07, 6.45) is 2.46. The van der Waals surface area contributed by atoms with Gasteiger partial charge in [0.2, 0.25) is 0 Å². The lowest BCUT2D eigenvalue weighted by atomic mass is 10.1. The average Bonchev–Trinajstić information content (AvgIpc) is 3.42. The number of hydrogen-bond acceptors (Lipinski definition) is 10. The molecular weight excluding hydrogens is 901 g/mol. The van der Waals surface area contributed by atoms with Crippen LogP contribution in [0.4, 0.5) is 45.5 Å². The van der Waals surface area contributed by atoms with Crippen LogP contribution in [-0.2, 0) is 0 Å². The number of anilines is 8. The van der Waals surface area contributed by atoms with E-state index in [1.165, 1.54) is 0 Å². The minimum Gasteiger partial charge on any atom is -0.390 e. The van der Waals surface area contributed by atoms with Crippen molar-refractivity contribution in [1.82, 2.24) is 0 Å². The molecule has 4 unspecified atom stereocenters. The van der Waals surface area contributed by atoms with Gasteiger partial charge in [0.05, 0.1) is 49.1 Å². The summed E-state index contributed by atoms with van der Waals surface area (Å²) in [5.74, 6) is 1.09. The molecule has 0 fully saturated rings. The van der Waals surface area contributed by atoms with E-state index in [4.69, 9.17) is 10.2 Å². The first kappa shape index (κ1) is 49.3. The zero-order valence-corrected chi connectivity index (χ0v) is 41.3. The van der Waals surface area contributed by atoms with Gasteiger partial charge in [-0.15, -0.1) is 0 Å². The number of hydrogen-bond donors (Lipinski definition) is 2. The second-order valence-corrected chi connectivity index (χ2v) is 19.7. The van der Waals surface area contributed by atoms with Crippen molar-refractivity contribution in [2.24, 2.45) is 10.2 Å². The van der Waals surface area contributed by atoms with E-state index < -0.39 is 12.2 Å². The molecule has 0 aliphatic carbocycles. The number of benzene rings is 8. The Kier molecular flexibility index (Phi) is 18.0. The Hall–Kier alpha value is -7.08. The Bertz CT molecular complexity index is 2520. The van der Waals surface area contributed by atoms with E-state index in [-0.39, 0.29) is 10.5 Å². The van der Waals surface area contributed by atoms with Gasteiger partial charge in [0.15, 0.2) is 0 Å². The highest BCUT2D eigenvalue weighted by molar-refractivity contribution is 8.03. The number of hydrazone groups is 2. The molecule has 2 N–H and O–H groups in total. The first-order valence-corrected chi connectivity index (χ1v) is 25.8. The van der Waals surface area contributed by atoms with Crippen LogP contribution in [0.3, 0.4) is 0 Å². The van der Waals surface area contributed by atoms with Crippen LogP contribution in [0.2, 0.25) is 0 Å². The molecule has 8 aromatic rings. The van der Waals surface area contributed by atoms with Gasteiger partial charge in [-0.05, 0) is 108 Å². The van der Waals surface area contributed by atoms with Crippen LogP contribution in [0.25, 0.3) is 0 Å². The van der Waals surface area contributed by atoms with Crippen LogP contribution in [0.5, 0.6) is 0 Å². The van der Waals surface area contributed by atoms with Crippen LogP contribution in [0.1, 0.15) is 25.0 Å². The van der Waals surface area contributed by atoms with Gasteiger partial charge in [0.1, 0.15) is 0 Å². The fourth-order valence-corrected chi connectivity index (χ4v) is 10.1. The first-order chi connectivity index (χ1) is 34.4. The van der Waals surface area contributed by atoms with Gasteiger partial charge in [-0.2, -0.15) is 33.7 Å². The van der Waals surface area contributed by atoms with E-state index in [0.29, 0.717) is 24.6 Å². The summed E-state index contributed by atoms with van der Waals surface area (Å²) >= 11 is 3.48. The van der Waals surface area contributed by atoms with Crippen LogP contribution in [0, 0.1) is 0 Å². The van der Waals surface area contributed by atoms with Gasteiger partial charge in [0, 0.05) is 56.1 Å². The molecule has 0 amide bonds. The molecule has 0 saturated carbocycles. The van der Waals surface area contributed by atoms with Crippen molar-refractivity contribution in [3.8, 4) is 0 Å². The summed E-state index contributed by atoms with van der Waals surface area (Å²) in [4.78, 5) is 4.47. The van der Waals surface area contributed by atoms with Gasteiger partial charge < -0.3 is 20.0 Å². The molecule has 4 atom stereocenters. The molecule has 8 nitrogen and oxygen atoms in total. The van der Waals surface area contributed by atoms with Crippen molar-refractivity contribution in [3.63, 3.8) is 0 Å². The van der Waals surface area contributed by atoms with E-state index in [1.54, 1.807) is 23.5 Å². The summed E-state index contributed by atoms with van der Waals surface area (Å²) in [5.41, 5.74) is 10.1. The normalized spacial score (nSPS) is 13.1. The second kappa shape index (κ2) is 25.5. The molecule has 0 radical (unpaired) electrons. The average molecular weight is 961 g/mol. The summed E-state index contributed by atoms with van der Waals surface area (Å²) in [6.45, 7) is 5.07. The molecule has 0 spiro atoms. The van der Waals surface area contributed by atoms with Gasteiger partial charge in [-0.25, -0.2) is 0 Å². The maximum absolute atomic E-state index is 11.4. The summed E-state index contributed by atoms with van der Waals surface area (Å²) in [6, 6.07) is 78.1. The second-order valence-electron chi connectivity index (χ2n) is 16.9. The SMILES string of the molecule is CC(SCC(O)CN(/N=C/c1ccc(N(c2ccccc2)c2ccccc2)cc1)c1ccccc1)C(C)SCC(O)CN(/N=C/c1ccc(N(c2ccccc2)c2ccccc2)cc1)c1ccccc1. The Morgan fingerprint density at radius 2 is 0.600 bits per heavy atom. The van der Waals surface area contributed by atoms with Gasteiger partial charge in [-0.1, -0.05) is 147 Å². The minimum absolute atomic E-state index is 0.233. The van der Waals surface area contributed by atoms with E-state index >= 15 is 0 Å². The largest absolute Gasteiger partial charge is 0.390 e. The van der Waals surface area contributed by atoms with Crippen LogP contribution in [-0.4, -0.2) is 69.9 Å². The van der Waals surface area contributed by atoms with Crippen molar-refractivity contribution in [2.75, 3.05) is 44.4 Å². The Morgan fingerprint density at radius 3 is 0.871 bits per heavy atom. The van der Waals surface area contributed by atoms with E-state index in [9.17, 15) is 10.2 Å². The molecule has 0 bridgehead atoms. The molecular formula is C60H60N6O2S2. The number of aliphatic hydroxyl groups excluding tert-OH is 2. The maximum Gasteiger partial charge on any atom is 0.0826 e. The zero-order chi connectivity index (χ0) is 48.3. The summed E-state index contributed by atoms with van der Waals surface area (Å²) in [5, 5.41) is 36.8. The molecule has 8 rings (SSSR count). The first-order valence-electron chi connectivity index (χ1n) is 23.7. The third kappa shape index (κ3) is 14.0. The van der Waals surface area contributed by atoms with Gasteiger partial charge >= 0.3 is 0 Å². The number of thioether (sulfide) groups is 2. The molecule has 0 aliphatic rings. The fourth-order valence-electron chi connectivity index (χ4n) is 7.83. The summed E-state index contributed by atoms with van der Waals surface area (Å²) < 4.78 is 0. The molecule has 70 heavy (non-hydrogen) atoms. The van der Waals surface area contributed by atoms with Gasteiger partial charge in [-0.3, -0.25) is 10.0 Å². The van der Waals surface area contributed by atoms with Gasteiger partial charge in [0.25, 0.3) is 0 Å². The monoisotopic (exact) mass is 960 g/mol. The van der Waals surface area contributed by atoms with Crippen molar-refractivity contribution >= 4 is 81.5 Å². The van der Waals surface area contributed by atoms with Crippen molar-refractivity contribution in [1.29, 1.82) is 0 Å². The third-order valence-corrected chi connectivity index (χ3v) is 14.9. The molecule has 10 heteroatoms. The lowest BCUT2D eigenvalue weighted by molar-refractivity contribution is 0.204. The maximum atomic E-state index is 11.4. The quantitative estimate of drug-likeness (QED) is 0.0485. The standard InChI is InChI=1S/C60H60N6O2S2/c1-47(69-45-59(67)43-63(51-21-9-3-10-22-51)61-41-49-33-37-57(38-34-49)65(53-25-13-5-14-26-53)54-27-15-6-16-28-54)48(2)70-46-60(68)44-64(52-23-11-4-12-24-52)62-42-50-35-39-58(40-36-50)66(55-29-17-7-18-30-55)56-31-19-8-20-32-56/h3-42,47-48,59-60,67-68H,43-46H2,1-2H3/b61-41+,62-42+. The van der Waals surface area contributed by atoms with Crippen LogP contribution in [0.15, 0.2) is 241 Å². The van der Waals surface area contributed by atoms with E-state index in [0.717, 1.165) is 56.6 Å². The molecule has 354 valence electrons. The molecule has 0 aromatic heterocycles. The third-order valence-electron chi connectivity index (χ3n) is 11.7. The molecule has 0 saturated heterocycles. The Balaban J connectivity index is 0.844. The number of para-hydroxylation sites is 6. The predicted molar refractivity (Wildman–Crippen MR) is 301 cm³/mol. The van der Waals surface area contributed by atoms with Crippen LogP contribution < -0.4 is 19.8 Å². The van der Waals surface area contributed by atoms with Crippen molar-refractivity contribution in [2.45, 2.75) is 36.6 Å². The minimum atomic E-state index is -0.625.